The molecule has 0 unspecified atom stereocenters. The number of benzene rings is 1. The van der Waals surface area contributed by atoms with Gasteiger partial charge < -0.3 is 19.5 Å². The third kappa shape index (κ3) is 6.88. The Kier molecular flexibility index (Phi) is 8.60. The Morgan fingerprint density at radius 1 is 1.07 bits per heavy atom. The van der Waals surface area contributed by atoms with Gasteiger partial charge in [0.2, 0.25) is 0 Å². The minimum Gasteiger partial charge on any atom is -0.493 e. The Hall–Kier alpha value is -1.81. The van der Waals surface area contributed by atoms with Gasteiger partial charge in [-0.25, -0.2) is 0 Å². The van der Waals surface area contributed by atoms with Gasteiger partial charge in [0.15, 0.2) is 11.5 Å². The second-order valence-corrected chi connectivity index (χ2v) is 8.34. The third-order valence-corrected chi connectivity index (χ3v) is 6.00. The van der Waals surface area contributed by atoms with Crippen molar-refractivity contribution < 1.29 is 14.6 Å². The third-order valence-electron chi connectivity index (χ3n) is 6.00. The lowest BCUT2D eigenvalue weighted by molar-refractivity contribution is 0.0683. The molecule has 0 saturated carbocycles. The zero-order valence-electron chi connectivity index (χ0n) is 17.7. The van der Waals surface area contributed by atoms with Crippen LogP contribution in [0.3, 0.4) is 0 Å². The summed E-state index contributed by atoms with van der Waals surface area (Å²) in [5, 5.41) is 19.4. The number of hydrogen-bond donors (Lipinski definition) is 1. The monoisotopic (exact) mass is 401 g/mol. The first-order valence-electron chi connectivity index (χ1n) is 11.0. The number of hydrogen-bond acceptors (Lipinski definition) is 6. The first-order valence-corrected chi connectivity index (χ1v) is 11.0. The Labute approximate surface area is 175 Å². The zero-order chi connectivity index (χ0) is 20.5. The lowest BCUT2D eigenvalue weighted by Gasteiger charge is -2.29. The second kappa shape index (κ2) is 11.4. The van der Waals surface area contributed by atoms with Crippen LogP contribution in [0.4, 0.5) is 0 Å². The molecule has 2 heterocycles. The van der Waals surface area contributed by atoms with E-state index in [1.54, 1.807) is 7.11 Å². The van der Waals surface area contributed by atoms with Gasteiger partial charge in [0.05, 0.1) is 13.2 Å². The molecule has 1 atom stereocenters. The number of aliphatic hydroxyl groups excluding tert-OH is 1. The van der Waals surface area contributed by atoms with Crippen LogP contribution in [0.15, 0.2) is 18.2 Å². The number of nitrogens with zero attached hydrogens (tertiary/aromatic N) is 3. The lowest BCUT2D eigenvalue weighted by Crippen LogP contribution is -2.36. The first-order chi connectivity index (χ1) is 14.2. The van der Waals surface area contributed by atoms with E-state index in [0.29, 0.717) is 18.0 Å². The summed E-state index contributed by atoms with van der Waals surface area (Å²) in [4.78, 5) is 4.73. The summed E-state index contributed by atoms with van der Waals surface area (Å²) in [6.45, 7) is 5.85. The molecular weight excluding hydrogens is 366 g/mol. The van der Waals surface area contributed by atoms with Crippen molar-refractivity contribution in [3.05, 3.63) is 23.8 Å². The smallest absolute Gasteiger partial charge is 0.161 e. The largest absolute Gasteiger partial charge is 0.493 e. The van der Waals surface area contributed by atoms with Gasteiger partial charge in [-0.3, -0.25) is 4.90 Å². The first kappa shape index (κ1) is 21.9. The minimum absolute atomic E-state index is 0.206. The standard InChI is InChI=1S/C23H35N3O3/c1-28-23-14-20(16-26-12-8-19(15-24)9-13-26)6-7-22(23)29-18-21(27)17-25-10-4-2-3-5-11-25/h6-7,14,19,21,27H,2-5,8-13,16-18H2,1H3/t21-/m1/s1. The highest BCUT2D eigenvalue weighted by Gasteiger charge is 2.19. The quantitative estimate of drug-likeness (QED) is 0.722. The van der Waals surface area contributed by atoms with Gasteiger partial charge in [0, 0.05) is 19.0 Å². The maximum absolute atomic E-state index is 10.4. The van der Waals surface area contributed by atoms with Gasteiger partial charge >= 0.3 is 0 Å². The SMILES string of the molecule is COc1cc(CN2CCC(C#N)CC2)ccc1OC[C@H](O)CN1CCCCCC1. The molecule has 2 saturated heterocycles. The summed E-state index contributed by atoms with van der Waals surface area (Å²) in [7, 11) is 1.65. The highest BCUT2D eigenvalue weighted by atomic mass is 16.5. The summed E-state index contributed by atoms with van der Waals surface area (Å²) in [5.74, 6) is 1.59. The van der Waals surface area contributed by atoms with E-state index in [2.05, 4.69) is 21.9 Å². The molecule has 2 fully saturated rings. The molecule has 2 aliphatic rings. The van der Waals surface area contributed by atoms with E-state index in [0.717, 1.165) is 45.6 Å². The van der Waals surface area contributed by atoms with Gasteiger partial charge in [-0.05, 0) is 69.6 Å². The molecule has 2 aliphatic heterocycles. The van der Waals surface area contributed by atoms with Crippen molar-refractivity contribution in [2.75, 3.05) is 46.4 Å². The molecule has 0 amide bonds. The normalized spacial score (nSPS) is 20.6. The van der Waals surface area contributed by atoms with Crippen LogP contribution in [-0.4, -0.2) is 67.5 Å². The number of β-amino-alcohol motifs (C(OH)–C–C–N with tert-alkyl or cyclic N) is 1. The molecule has 0 aliphatic carbocycles. The minimum atomic E-state index is -0.501. The number of ether oxygens (including phenoxy) is 2. The number of methoxy groups -OCH3 is 1. The van der Waals surface area contributed by atoms with Crippen LogP contribution < -0.4 is 9.47 Å². The molecule has 1 aromatic carbocycles. The number of piperidine rings is 1. The van der Waals surface area contributed by atoms with E-state index in [4.69, 9.17) is 14.7 Å². The molecule has 0 spiro atoms. The van der Waals surface area contributed by atoms with Gasteiger partial charge in [-0.1, -0.05) is 18.9 Å². The molecule has 1 aromatic rings. The molecular formula is C23H35N3O3. The Balaban J connectivity index is 1.48. The summed E-state index contributed by atoms with van der Waals surface area (Å²) < 4.78 is 11.4. The van der Waals surface area contributed by atoms with E-state index in [1.807, 2.05) is 12.1 Å². The summed E-state index contributed by atoms with van der Waals surface area (Å²) in [6, 6.07) is 8.40. The lowest BCUT2D eigenvalue weighted by atomic mass is 9.98. The predicted molar refractivity (Wildman–Crippen MR) is 113 cm³/mol. The van der Waals surface area contributed by atoms with Crippen molar-refractivity contribution in [1.29, 1.82) is 5.26 Å². The summed E-state index contributed by atoms with van der Waals surface area (Å²) in [5.41, 5.74) is 1.18. The maximum atomic E-state index is 10.4. The van der Waals surface area contributed by atoms with Crippen molar-refractivity contribution in [3.63, 3.8) is 0 Å². The number of likely N-dealkylation sites (tertiary alicyclic amines) is 2. The molecule has 29 heavy (non-hydrogen) atoms. The Morgan fingerprint density at radius 3 is 2.45 bits per heavy atom. The van der Waals surface area contributed by atoms with Crippen LogP contribution >= 0.6 is 0 Å². The molecule has 6 heteroatoms. The Bertz CT molecular complexity index is 660. The van der Waals surface area contributed by atoms with Crippen LogP contribution in [0.2, 0.25) is 0 Å². The Morgan fingerprint density at radius 2 is 1.79 bits per heavy atom. The van der Waals surface area contributed by atoms with Crippen molar-refractivity contribution in [2.24, 2.45) is 5.92 Å². The van der Waals surface area contributed by atoms with Crippen LogP contribution in [0.5, 0.6) is 11.5 Å². The molecule has 0 bridgehead atoms. The zero-order valence-corrected chi connectivity index (χ0v) is 17.7. The van der Waals surface area contributed by atoms with E-state index in [-0.39, 0.29) is 12.5 Å². The highest BCUT2D eigenvalue weighted by molar-refractivity contribution is 5.43. The molecule has 3 rings (SSSR count). The molecule has 6 nitrogen and oxygen atoms in total. The molecule has 1 N–H and O–H groups in total. The van der Waals surface area contributed by atoms with E-state index in [1.165, 1.54) is 31.2 Å². The van der Waals surface area contributed by atoms with Gasteiger partial charge in [0.25, 0.3) is 0 Å². The van der Waals surface area contributed by atoms with E-state index < -0.39 is 6.10 Å². The maximum Gasteiger partial charge on any atom is 0.161 e. The summed E-state index contributed by atoms with van der Waals surface area (Å²) >= 11 is 0. The van der Waals surface area contributed by atoms with Gasteiger partial charge in [-0.15, -0.1) is 0 Å². The number of aliphatic hydroxyl groups is 1. The van der Waals surface area contributed by atoms with Crippen LogP contribution in [-0.2, 0) is 6.54 Å². The van der Waals surface area contributed by atoms with Crippen LogP contribution in [0, 0.1) is 17.2 Å². The highest BCUT2D eigenvalue weighted by Crippen LogP contribution is 2.29. The van der Waals surface area contributed by atoms with Crippen molar-refractivity contribution in [2.45, 2.75) is 51.2 Å². The fraction of sp³-hybridized carbons (Fsp3) is 0.696. The van der Waals surface area contributed by atoms with E-state index in [9.17, 15) is 5.11 Å². The number of rotatable bonds is 8. The van der Waals surface area contributed by atoms with Crippen molar-refractivity contribution in [3.8, 4) is 17.6 Å². The molecule has 0 aromatic heterocycles. The fourth-order valence-corrected chi connectivity index (χ4v) is 4.26. The second-order valence-electron chi connectivity index (χ2n) is 8.34. The molecule has 160 valence electrons. The van der Waals surface area contributed by atoms with Gasteiger partial charge in [-0.2, -0.15) is 5.26 Å². The molecule has 0 radical (unpaired) electrons. The number of nitriles is 1. The van der Waals surface area contributed by atoms with Crippen molar-refractivity contribution >= 4 is 0 Å². The van der Waals surface area contributed by atoms with Crippen molar-refractivity contribution in [1.82, 2.24) is 9.80 Å². The van der Waals surface area contributed by atoms with Crippen LogP contribution in [0.1, 0.15) is 44.1 Å². The average Bonchev–Trinajstić information content (AvgIpc) is 3.02. The fourth-order valence-electron chi connectivity index (χ4n) is 4.26. The van der Waals surface area contributed by atoms with Crippen LogP contribution in [0.25, 0.3) is 0 Å². The van der Waals surface area contributed by atoms with E-state index >= 15 is 0 Å². The van der Waals surface area contributed by atoms with Gasteiger partial charge in [0.1, 0.15) is 12.7 Å². The summed E-state index contributed by atoms with van der Waals surface area (Å²) in [6.07, 6.45) is 6.42. The topological polar surface area (TPSA) is 69.0 Å². The average molecular weight is 402 g/mol. The predicted octanol–water partition coefficient (Wildman–Crippen LogP) is 3.05.